The number of aromatic amines is 1. The second-order valence-corrected chi connectivity index (χ2v) is 9.21. The van der Waals surface area contributed by atoms with Gasteiger partial charge in [-0.1, -0.05) is 13.8 Å². The molecule has 2 aromatic rings. The Hall–Kier alpha value is -2.45. The highest BCUT2D eigenvalue weighted by atomic mass is 32.2. The Morgan fingerprint density at radius 2 is 1.83 bits per heavy atom. The molecular weight excluding hydrogens is 390 g/mol. The number of rotatable bonds is 6. The van der Waals surface area contributed by atoms with Crippen molar-refractivity contribution in [1.82, 2.24) is 9.29 Å². The van der Waals surface area contributed by atoms with E-state index in [-0.39, 0.29) is 16.6 Å². The fraction of sp³-hybridized carbons (Fsp3) is 0.429. The number of Topliss-reactive ketones (excluding diaryl/α,β-unsaturated/α-hetero) is 1. The van der Waals surface area contributed by atoms with Gasteiger partial charge in [-0.3, -0.25) is 9.59 Å². The number of aryl methyl sites for hydroxylation is 1. The lowest BCUT2D eigenvalue weighted by atomic mass is 10.1. The molecule has 0 unspecified atom stereocenters. The average Bonchev–Trinajstić information content (AvgIpc) is 3.21. The summed E-state index contributed by atoms with van der Waals surface area (Å²) in [4.78, 5) is 30.0. The van der Waals surface area contributed by atoms with E-state index in [0.29, 0.717) is 54.3 Å². The first-order valence-corrected chi connectivity index (χ1v) is 11.2. The van der Waals surface area contributed by atoms with E-state index in [1.807, 2.05) is 13.8 Å². The quantitative estimate of drug-likeness (QED) is 0.732. The minimum Gasteiger partial charge on any atom is -0.354 e. The Morgan fingerprint density at radius 3 is 2.38 bits per heavy atom. The van der Waals surface area contributed by atoms with Crippen LogP contribution in [0.5, 0.6) is 0 Å². The van der Waals surface area contributed by atoms with Crippen LogP contribution in [0.3, 0.4) is 0 Å². The molecular formula is C21H27N3O4S. The summed E-state index contributed by atoms with van der Waals surface area (Å²) in [6, 6.07) is 4.93. The fourth-order valence-electron chi connectivity index (χ4n) is 4.09. The number of H-pyrrole nitrogens is 1. The maximum Gasteiger partial charge on any atom is 0.275 e. The van der Waals surface area contributed by atoms with E-state index in [1.54, 1.807) is 36.9 Å². The average molecular weight is 418 g/mol. The van der Waals surface area contributed by atoms with Crippen LogP contribution in [-0.4, -0.2) is 49.0 Å². The molecule has 0 atom stereocenters. The monoisotopic (exact) mass is 417 g/mol. The first-order valence-electron chi connectivity index (χ1n) is 9.78. The van der Waals surface area contributed by atoms with Crippen molar-refractivity contribution in [2.45, 2.75) is 45.9 Å². The maximum atomic E-state index is 13.2. The predicted octanol–water partition coefficient (Wildman–Crippen LogP) is 3.07. The lowest BCUT2D eigenvalue weighted by Gasteiger charge is -2.20. The first-order chi connectivity index (χ1) is 13.6. The van der Waals surface area contributed by atoms with Crippen LogP contribution in [-0.2, 0) is 16.4 Å². The highest BCUT2D eigenvalue weighted by Gasteiger charge is 2.31. The van der Waals surface area contributed by atoms with Gasteiger partial charge in [-0.15, -0.1) is 0 Å². The van der Waals surface area contributed by atoms with Gasteiger partial charge in [0, 0.05) is 36.6 Å². The molecule has 0 fully saturated rings. The zero-order chi connectivity index (χ0) is 21.5. The normalized spacial score (nSPS) is 13.8. The molecule has 1 amide bonds. The van der Waals surface area contributed by atoms with Gasteiger partial charge in [0.1, 0.15) is 5.69 Å². The van der Waals surface area contributed by atoms with Crippen LogP contribution in [0.1, 0.15) is 58.4 Å². The third-order valence-electron chi connectivity index (χ3n) is 5.54. The van der Waals surface area contributed by atoms with Crippen LogP contribution in [0, 0.1) is 13.8 Å². The molecule has 8 heteroatoms. The minimum atomic E-state index is -3.54. The van der Waals surface area contributed by atoms with Crippen molar-refractivity contribution >= 4 is 27.4 Å². The molecule has 1 N–H and O–H groups in total. The number of carbonyl (C=O) groups excluding carboxylic acids is 2. The van der Waals surface area contributed by atoms with Gasteiger partial charge < -0.3 is 9.88 Å². The Morgan fingerprint density at radius 1 is 1.17 bits per heavy atom. The second-order valence-electron chi connectivity index (χ2n) is 7.27. The highest BCUT2D eigenvalue weighted by molar-refractivity contribution is 7.89. The molecule has 7 nitrogen and oxygen atoms in total. The molecule has 29 heavy (non-hydrogen) atoms. The maximum absolute atomic E-state index is 13.2. The van der Waals surface area contributed by atoms with Gasteiger partial charge in [-0.05, 0) is 56.5 Å². The van der Waals surface area contributed by atoms with Crippen molar-refractivity contribution < 1.29 is 18.0 Å². The SMILES string of the molecule is CCN(CC)S(=O)(=O)c1ccc2c(c1)CCN2C(=O)c1[nH]c(C)c(C(C)=O)c1C. The van der Waals surface area contributed by atoms with Gasteiger partial charge in [0.15, 0.2) is 5.78 Å². The van der Waals surface area contributed by atoms with Gasteiger partial charge in [-0.25, -0.2) is 8.42 Å². The van der Waals surface area contributed by atoms with E-state index >= 15 is 0 Å². The van der Waals surface area contributed by atoms with E-state index in [4.69, 9.17) is 0 Å². The number of fused-ring (bicyclic) bond motifs is 1. The Balaban J connectivity index is 1.96. The summed E-state index contributed by atoms with van der Waals surface area (Å²) >= 11 is 0. The molecule has 0 spiro atoms. The summed E-state index contributed by atoms with van der Waals surface area (Å²) < 4.78 is 27.0. The van der Waals surface area contributed by atoms with Crippen molar-refractivity contribution in [2.24, 2.45) is 0 Å². The van der Waals surface area contributed by atoms with E-state index in [9.17, 15) is 18.0 Å². The highest BCUT2D eigenvalue weighted by Crippen LogP contribution is 2.33. The number of hydrogen-bond donors (Lipinski definition) is 1. The molecule has 1 aliphatic rings. The standard InChI is InChI=1S/C21H27N3O4S/c1-6-23(7-2)29(27,28)17-8-9-18-16(12-17)10-11-24(18)21(26)20-13(3)19(15(5)25)14(4)22-20/h8-9,12,22H,6-7,10-11H2,1-5H3. The molecule has 1 aromatic carbocycles. The van der Waals surface area contributed by atoms with Crippen LogP contribution in [0.25, 0.3) is 0 Å². The molecule has 1 aliphatic heterocycles. The lowest BCUT2D eigenvalue weighted by molar-refractivity contribution is 0.0984. The second kappa shape index (κ2) is 7.76. The van der Waals surface area contributed by atoms with Crippen LogP contribution < -0.4 is 4.90 Å². The summed E-state index contributed by atoms with van der Waals surface area (Å²) in [6.45, 7) is 9.94. The third-order valence-corrected chi connectivity index (χ3v) is 7.58. The Kier molecular flexibility index (Phi) is 5.69. The molecule has 0 saturated heterocycles. The van der Waals surface area contributed by atoms with Crippen molar-refractivity contribution in [3.63, 3.8) is 0 Å². The van der Waals surface area contributed by atoms with Crippen molar-refractivity contribution in [3.8, 4) is 0 Å². The molecule has 2 heterocycles. The topological polar surface area (TPSA) is 90.6 Å². The predicted molar refractivity (Wildman–Crippen MR) is 112 cm³/mol. The van der Waals surface area contributed by atoms with Gasteiger partial charge >= 0.3 is 0 Å². The number of nitrogens with zero attached hydrogens (tertiary/aromatic N) is 2. The molecule has 0 saturated carbocycles. The zero-order valence-electron chi connectivity index (χ0n) is 17.5. The largest absolute Gasteiger partial charge is 0.354 e. The number of sulfonamides is 1. The summed E-state index contributed by atoms with van der Waals surface area (Å²) in [6.07, 6.45) is 0.584. The molecule has 0 bridgehead atoms. The van der Waals surface area contributed by atoms with Gasteiger partial charge in [0.2, 0.25) is 10.0 Å². The van der Waals surface area contributed by atoms with Gasteiger partial charge in [0.25, 0.3) is 5.91 Å². The van der Waals surface area contributed by atoms with Crippen molar-refractivity contribution in [3.05, 3.63) is 46.3 Å². The number of ketones is 1. The lowest BCUT2D eigenvalue weighted by Crippen LogP contribution is -2.31. The van der Waals surface area contributed by atoms with Crippen LogP contribution in [0.15, 0.2) is 23.1 Å². The number of aromatic nitrogens is 1. The smallest absolute Gasteiger partial charge is 0.275 e. The van der Waals surface area contributed by atoms with Crippen LogP contribution >= 0.6 is 0 Å². The van der Waals surface area contributed by atoms with E-state index < -0.39 is 10.0 Å². The van der Waals surface area contributed by atoms with Gasteiger partial charge in [0.05, 0.1) is 4.90 Å². The number of carbonyl (C=O) groups is 2. The van der Waals surface area contributed by atoms with Crippen LogP contribution in [0.2, 0.25) is 0 Å². The first kappa shape index (κ1) is 21.3. The Bertz CT molecular complexity index is 1080. The third kappa shape index (κ3) is 3.51. The van der Waals surface area contributed by atoms with E-state index in [2.05, 4.69) is 4.98 Å². The number of amides is 1. The summed E-state index contributed by atoms with van der Waals surface area (Å²) in [7, 11) is -3.54. The van der Waals surface area contributed by atoms with E-state index in [0.717, 1.165) is 5.56 Å². The van der Waals surface area contributed by atoms with Gasteiger partial charge in [-0.2, -0.15) is 4.31 Å². The van der Waals surface area contributed by atoms with Crippen molar-refractivity contribution in [1.29, 1.82) is 0 Å². The molecule has 156 valence electrons. The molecule has 1 aromatic heterocycles. The molecule has 0 radical (unpaired) electrons. The van der Waals surface area contributed by atoms with Crippen LogP contribution in [0.4, 0.5) is 5.69 Å². The summed E-state index contributed by atoms with van der Waals surface area (Å²) in [5.41, 5.74) is 3.82. The minimum absolute atomic E-state index is 0.0802. The number of benzene rings is 1. The van der Waals surface area contributed by atoms with E-state index in [1.165, 1.54) is 11.2 Å². The fourth-order valence-corrected chi connectivity index (χ4v) is 5.60. The number of hydrogen-bond acceptors (Lipinski definition) is 4. The molecule has 3 rings (SSSR count). The van der Waals surface area contributed by atoms with Crippen molar-refractivity contribution in [2.75, 3.05) is 24.5 Å². The summed E-state index contributed by atoms with van der Waals surface area (Å²) in [5.74, 6) is -0.292. The number of anilines is 1. The zero-order valence-corrected chi connectivity index (χ0v) is 18.3. The summed E-state index contributed by atoms with van der Waals surface area (Å²) in [5, 5.41) is 0. The number of nitrogens with one attached hydrogen (secondary N) is 1. The molecule has 0 aliphatic carbocycles. The Labute approximate surface area is 171 Å².